The summed E-state index contributed by atoms with van der Waals surface area (Å²) < 4.78 is 37.6. The van der Waals surface area contributed by atoms with Crippen LogP contribution in [0.15, 0.2) is 24.3 Å². The van der Waals surface area contributed by atoms with Crippen molar-refractivity contribution < 1.29 is 18.0 Å². The number of thiazole rings is 1. The van der Waals surface area contributed by atoms with Gasteiger partial charge in [0.05, 0.1) is 16.3 Å². The molecule has 3 nitrogen and oxygen atoms in total. The van der Waals surface area contributed by atoms with Crippen LogP contribution in [0.25, 0.3) is 0 Å². The summed E-state index contributed by atoms with van der Waals surface area (Å²) in [5.41, 5.74) is 0.735. The molecular weight excluding hydrogens is 325 g/mol. The summed E-state index contributed by atoms with van der Waals surface area (Å²) in [6.45, 7) is 1.94. The van der Waals surface area contributed by atoms with Gasteiger partial charge < -0.3 is 5.32 Å². The Labute approximate surface area is 135 Å². The first kappa shape index (κ1) is 16.0. The van der Waals surface area contributed by atoms with Gasteiger partial charge >= 0.3 is 6.18 Å². The van der Waals surface area contributed by atoms with Crippen LogP contribution in [0.2, 0.25) is 0 Å². The number of carbonyl (C=O) groups excluding carboxylic acids is 1. The van der Waals surface area contributed by atoms with Crippen LogP contribution < -0.4 is 5.32 Å². The molecule has 7 heteroatoms. The molecule has 122 valence electrons. The monoisotopic (exact) mass is 340 g/mol. The van der Waals surface area contributed by atoms with E-state index in [0.717, 1.165) is 34.1 Å². The molecule has 0 aliphatic heterocycles. The fourth-order valence-corrected chi connectivity index (χ4v) is 3.78. The van der Waals surface area contributed by atoms with Gasteiger partial charge in [-0.3, -0.25) is 4.79 Å². The van der Waals surface area contributed by atoms with Crippen LogP contribution in [0.1, 0.15) is 27.6 Å². The Bertz CT molecular complexity index is 722. The van der Waals surface area contributed by atoms with E-state index in [1.165, 1.54) is 12.1 Å². The second kappa shape index (κ2) is 5.96. The standard InChI is InChI=1S/C16H15F3N2OS/c1-9-20-13-7-2-10(8-14(13)23-9)15(22)21-12-5-3-11(4-6-12)16(17,18)19/h3-6,10H,2,7-8H2,1H3,(H,21,22). The van der Waals surface area contributed by atoms with E-state index in [1.54, 1.807) is 11.3 Å². The molecule has 0 fully saturated rings. The van der Waals surface area contributed by atoms with E-state index in [9.17, 15) is 18.0 Å². The number of aromatic nitrogens is 1. The van der Waals surface area contributed by atoms with Crippen molar-refractivity contribution in [2.45, 2.75) is 32.4 Å². The fourth-order valence-electron chi connectivity index (χ4n) is 2.71. The predicted octanol–water partition coefficient (Wildman–Crippen LogP) is 4.21. The molecule has 0 saturated heterocycles. The molecule has 23 heavy (non-hydrogen) atoms. The van der Waals surface area contributed by atoms with Crippen molar-refractivity contribution in [3.8, 4) is 0 Å². The maximum Gasteiger partial charge on any atom is 0.416 e. The summed E-state index contributed by atoms with van der Waals surface area (Å²) in [4.78, 5) is 17.9. The summed E-state index contributed by atoms with van der Waals surface area (Å²) in [5.74, 6) is -0.314. The van der Waals surface area contributed by atoms with E-state index in [1.807, 2.05) is 6.92 Å². The zero-order valence-corrected chi connectivity index (χ0v) is 13.2. The Morgan fingerprint density at radius 1 is 1.30 bits per heavy atom. The number of fused-ring (bicyclic) bond motifs is 1. The third-order valence-corrected chi connectivity index (χ3v) is 4.93. The summed E-state index contributed by atoms with van der Waals surface area (Å²) in [6.07, 6.45) is -2.24. The normalized spacial score (nSPS) is 17.7. The van der Waals surface area contributed by atoms with Gasteiger partial charge in [0.1, 0.15) is 0 Å². The van der Waals surface area contributed by atoms with Gasteiger partial charge in [-0.15, -0.1) is 11.3 Å². The number of nitrogens with zero attached hydrogens (tertiary/aromatic N) is 1. The molecule has 1 N–H and O–H groups in total. The molecule has 0 spiro atoms. The highest BCUT2D eigenvalue weighted by atomic mass is 32.1. The summed E-state index contributed by atoms with van der Waals surface area (Å²) >= 11 is 1.61. The number of rotatable bonds is 2. The van der Waals surface area contributed by atoms with Gasteiger partial charge in [0, 0.05) is 16.5 Å². The van der Waals surface area contributed by atoms with Crippen molar-refractivity contribution in [1.82, 2.24) is 4.98 Å². The summed E-state index contributed by atoms with van der Waals surface area (Å²) in [7, 11) is 0. The largest absolute Gasteiger partial charge is 0.416 e. The van der Waals surface area contributed by atoms with Crippen molar-refractivity contribution in [2.75, 3.05) is 5.32 Å². The number of aryl methyl sites for hydroxylation is 2. The molecule has 1 amide bonds. The highest BCUT2D eigenvalue weighted by Gasteiger charge is 2.30. The highest BCUT2D eigenvalue weighted by Crippen LogP contribution is 2.32. The van der Waals surface area contributed by atoms with Crippen molar-refractivity contribution in [1.29, 1.82) is 0 Å². The van der Waals surface area contributed by atoms with Crippen LogP contribution in [0.3, 0.4) is 0 Å². The maximum atomic E-state index is 12.5. The summed E-state index contributed by atoms with van der Waals surface area (Å²) in [5, 5.41) is 3.70. The predicted molar refractivity (Wildman–Crippen MR) is 82.4 cm³/mol. The quantitative estimate of drug-likeness (QED) is 0.890. The SMILES string of the molecule is Cc1nc2c(s1)CC(C(=O)Nc1ccc(C(F)(F)F)cc1)CC2. The van der Waals surface area contributed by atoms with Gasteiger partial charge in [0.2, 0.25) is 5.91 Å². The van der Waals surface area contributed by atoms with Crippen LogP contribution in [-0.4, -0.2) is 10.9 Å². The van der Waals surface area contributed by atoms with Crippen molar-refractivity contribution in [3.05, 3.63) is 45.4 Å². The Balaban J connectivity index is 1.66. The lowest BCUT2D eigenvalue weighted by atomic mass is 9.90. The highest BCUT2D eigenvalue weighted by molar-refractivity contribution is 7.11. The first-order chi connectivity index (χ1) is 10.8. The van der Waals surface area contributed by atoms with Crippen molar-refractivity contribution >= 4 is 22.9 Å². The second-order valence-corrected chi connectivity index (χ2v) is 6.89. The van der Waals surface area contributed by atoms with E-state index in [-0.39, 0.29) is 11.8 Å². The first-order valence-corrected chi connectivity index (χ1v) is 8.08. The number of anilines is 1. The molecule has 1 aromatic heterocycles. The molecule has 1 aromatic carbocycles. The minimum Gasteiger partial charge on any atom is -0.326 e. The minimum atomic E-state index is -4.37. The molecule has 1 atom stereocenters. The number of amides is 1. The number of alkyl halides is 3. The molecule has 0 saturated carbocycles. The molecule has 0 bridgehead atoms. The van der Waals surface area contributed by atoms with Crippen LogP contribution >= 0.6 is 11.3 Å². The average Bonchev–Trinajstić information content (AvgIpc) is 2.85. The molecule has 2 aromatic rings. The molecule has 1 unspecified atom stereocenters. The molecule has 1 aliphatic rings. The number of nitrogens with one attached hydrogen (secondary N) is 1. The van der Waals surface area contributed by atoms with E-state index >= 15 is 0 Å². The van der Waals surface area contributed by atoms with E-state index < -0.39 is 11.7 Å². The number of hydrogen-bond acceptors (Lipinski definition) is 3. The lowest BCUT2D eigenvalue weighted by Crippen LogP contribution is -2.27. The van der Waals surface area contributed by atoms with Crippen LogP contribution in [0.5, 0.6) is 0 Å². The van der Waals surface area contributed by atoms with Crippen molar-refractivity contribution in [2.24, 2.45) is 5.92 Å². The second-order valence-electron chi connectivity index (χ2n) is 5.61. The molecule has 3 rings (SSSR count). The van der Waals surface area contributed by atoms with Crippen molar-refractivity contribution in [3.63, 3.8) is 0 Å². The Morgan fingerprint density at radius 3 is 2.65 bits per heavy atom. The van der Waals surface area contributed by atoms with Gasteiger partial charge in [-0.25, -0.2) is 4.98 Å². The van der Waals surface area contributed by atoms with Crippen LogP contribution in [0, 0.1) is 12.8 Å². The molecule has 1 heterocycles. The van der Waals surface area contributed by atoms with Crippen LogP contribution in [0.4, 0.5) is 18.9 Å². The zero-order valence-electron chi connectivity index (χ0n) is 12.4. The third-order valence-electron chi connectivity index (χ3n) is 3.90. The number of carbonyl (C=O) groups is 1. The maximum absolute atomic E-state index is 12.5. The van der Waals surface area contributed by atoms with Gasteiger partial charge in [0.15, 0.2) is 0 Å². The van der Waals surface area contributed by atoms with Gasteiger partial charge in [-0.2, -0.15) is 13.2 Å². The lowest BCUT2D eigenvalue weighted by molar-refractivity contribution is -0.137. The van der Waals surface area contributed by atoms with Crippen LogP contribution in [-0.2, 0) is 23.8 Å². The number of halogens is 3. The first-order valence-electron chi connectivity index (χ1n) is 7.26. The Hall–Kier alpha value is -1.89. The molecule has 0 radical (unpaired) electrons. The molecular formula is C16H15F3N2OS. The molecule has 1 aliphatic carbocycles. The topological polar surface area (TPSA) is 42.0 Å². The smallest absolute Gasteiger partial charge is 0.326 e. The van der Waals surface area contributed by atoms with Gasteiger partial charge in [-0.1, -0.05) is 0 Å². The van der Waals surface area contributed by atoms with E-state index in [4.69, 9.17) is 0 Å². The number of benzene rings is 1. The summed E-state index contributed by atoms with van der Waals surface area (Å²) in [6, 6.07) is 4.51. The lowest BCUT2D eigenvalue weighted by Gasteiger charge is -2.20. The minimum absolute atomic E-state index is 0.151. The zero-order chi connectivity index (χ0) is 16.6. The van der Waals surface area contributed by atoms with E-state index in [2.05, 4.69) is 10.3 Å². The fraction of sp³-hybridized carbons (Fsp3) is 0.375. The average molecular weight is 340 g/mol. The van der Waals surface area contributed by atoms with Gasteiger partial charge in [-0.05, 0) is 50.5 Å². The van der Waals surface area contributed by atoms with Gasteiger partial charge in [0.25, 0.3) is 0 Å². The third kappa shape index (κ3) is 3.55. The Morgan fingerprint density at radius 2 is 2.00 bits per heavy atom. The van der Waals surface area contributed by atoms with E-state index in [0.29, 0.717) is 18.5 Å². The Kier molecular flexibility index (Phi) is 4.14. The number of hydrogen-bond donors (Lipinski definition) is 1.